The van der Waals surface area contributed by atoms with E-state index in [2.05, 4.69) is 20.8 Å². The van der Waals surface area contributed by atoms with Gasteiger partial charge in [-0.15, -0.1) is 0 Å². The summed E-state index contributed by atoms with van der Waals surface area (Å²) < 4.78 is 29.5. The molecule has 1 aliphatic rings. The molecule has 36 heavy (non-hydrogen) atoms. The first kappa shape index (κ1) is 34.0. The van der Waals surface area contributed by atoms with Gasteiger partial charge in [0, 0.05) is 27.4 Å². The summed E-state index contributed by atoms with van der Waals surface area (Å²) in [5.74, 6) is 0. The van der Waals surface area contributed by atoms with E-state index in [4.69, 9.17) is 22.8 Å². The lowest BCUT2D eigenvalue weighted by Gasteiger charge is -2.50. The van der Waals surface area contributed by atoms with Crippen LogP contribution in [0.1, 0.15) is 143 Å². The lowest BCUT2D eigenvalue weighted by Crippen LogP contribution is -2.58. The summed E-state index contributed by atoms with van der Waals surface area (Å²) in [5, 5.41) is 0. The van der Waals surface area contributed by atoms with Crippen LogP contribution in [0.25, 0.3) is 0 Å². The van der Waals surface area contributed by atoms with Crippen molar-refractivity contribution in [2.45, 2.75) is 160 Å². The van der Waals surface area contributed by atoms with Crippen molar-refractivity contribution in [3.8, 4) is 0 Å². The van der Waals surface area contributed by atoms with Crippen molar-refractivity contribution in [1.29, 1.82) is 0 Å². The molecule has 0 spiro atoms. The van der Waals surface area contributed by atoms with Crippen molar-refractivity contribution in [1.82, 2.24) is 0 Å². The fraction of sp³-hybridized carbons (Fsp3) is 1.00. The van der Waals surface area contributed by atoms with Gasteiger partial charge < -0.3 is 22.8 Å². The Bertz CT molecular complexity index is 507. The first-order valence-corrected chi connectivity index (χ1v) is 17.3. The van der Waals surface area contributed by atoms with Crippen LogP contribution < -0.4 is 0 Å². The molecule has 0 aromatic carbocycles. The Hall–Kier alpha value is 0.0169. The number of hydrogen-bond acceptors (Lipinski definition) is 5. The normalized spacial score (nSPS) is 22.8. The summed E-state index contributed by atoms with van der Waals surface area (Å²) in [4.78, 5) is 0. The highest BCUT2D eigenvalue weighted by Gasteiger charge is 2.49. The van der Waals surface area contributed by atoms with Gasteiger partial charge in [0.05, 0.1) is 24.4 Å². The molecule has 0 aromatic rings. The van der Waals surface area contributed by atoms with Gasteiger partial charge in [-0.1, -0.05) is 110 Å². The van der Waals surface area contributed by atoms with Crippen LogP contribution in [0.15, 0.2) is 0 Å². The Labute approximate surface area is 226 Å². The van der Waals surface area contributed by atoms with Crippen LogP contribution in [0.4, 0.5) is 0 Å². The maximum Gasteiger partial charge on any atom is 0.500 e. The fourth-order valence-corrected chi connectivity index (χ4v) is 7.44. The SMILES string of the molecule is CCCCCCCCCCCCCCCCCCC1(C)OCCOC1(C)CCC[Si](OC)(OC)OC. The Morgan fingerprint density at radius 3 is 1.22 bits per heavy atom. The summed E-state index contributed by atoms with van der Waals surface area (Å²) in [6.45, 7) is 8.14. The highest BCUT2D eigenvalue weighted by molar-refractivity contribution is 6.60. The first-order chi connectivity index (χ1) is 17.4. The maximum absolute atomic E-state index is 6.36. The predicted octanol–water partition coefficient (Wildman–Crippen LogP) is 8.86. The summed E-state index contributed by atoms with van der Waals surface area (Å²) in [6, 6.07) is 0.796. The van der Waals surface area contributed by atoms with Gasteiger partial charge in [0.2, 0.25) is 0 Å². The van der Waals surface area contributed by atoms with Crippen molar-refractivity contribution in [2.24, 2.45) is 0 Å². The third kappa shape index (κ3) is 12.7. The Morgan fingerprint density at radius 1 is 0.528 bits per heavy atom. The van der Waals surface area contributed by atoms with E-state index in [-0.39, 0.29) is 11.2 Å². The molecule has 0 aliphatic carbocycles. The van der Waals surface area contributed by atoms with Crippen LogP contribution >= 0.6 is 0 Å². The standard InChI is InChI=1S/C30H62O5Si/c1-7-8-9-10-11-12-13-14-15-16-17-18-19-20-21-22-24-29(2)30(3,35-27-26-34-29)25-23-28-36(31-4,32-5)33-6/h7-28H2,1-6H3. The van der Waals surface area contributed by atoms with E-state index in [0.29, 0.717) is 13.2 Å². The van der Waals surface area contributed by atoms with Crippen molar-refractivity contribution in [3.05, 3.63) is 0 Å². The van der Waals surface area contributed by atoms with Crippen LogP contribution in [-0.2, 0) is 22.8 Å². The molecule has 0 saturated carbocycles. The lowest BCUT2D eigenvalue weighted by molar-refractivity contribution is -0.252. The molecule has 2 atom stereocenters. The van der Waals surface area contributed by atoms with Gasteiger partial charge in [0.15, 0.2) is 0 Å². The van der Waals surface area contributed by atoms with Gasteiger partial charge in [-0.3, -0.25) is 0 Å². The summed E-state index contributed by atoms with van der Waals surface area (Å²) in [6.07, 6.45) is 25.3. The minimum atomic E-state index is -2.54. The summed E-state index contributed by atoms with van der Waals surface area (Å²) >= 11 is 0. The molecular formula is C30H62O5Si. The Balaban J connectivity index is 2.14. The van der Waals surface area contributed by atoms with Crippen LogP contribution in [0, 0.1) is 0 Å². The molecule has 5 nitrogen and oxygen atoms in total. The zero-order valence-electron chi connectivity index (χ0n) is 25.1. The van der Waals surface area contributed by atoms with Gasteiger partial charge in [0.1, 0.15) is 0 Å². The molecule has 1 heterocycles. The second-order valence-electron chi connectivity index (χ2n) is 11.4. The van der Waals surface area contributed by atoms with E-state index in [9.17, 15) is 0 Å². The van der Waals surface area contributed by atoms with E-state index in [1.54, 1.807) is 21.3 Å². The van der Waals surface area contributed by atoms with E-state index in [0.717, 1.165) is 25.3 Å². The van der Waals surface area contributed by atoms with E-state index >= 15 is 0 Å². The average molecular weight is 531 g/mol. The molecule has 1 saturated heterocycles. The molecule has 1 rings (SSSR count). The minimum absolute atomic E-state index is 0.237. The topological polar surface area (TPSA) is 46.2 Å². The molecule has 1 aliphatic heterocycles. The zero-order chi connectivity index (χ0) is 26.6. The molecule has 1 fully saturated rings. The van der Waals surface area contributed by atoms with Crippen molar-refractivity contribution < 1.29 is 22.8 Å². The molecular weight excluding hydrogens is 468 g/mol. The quantitative estimate of drug-likeness (QED) is 0.0921. The fourth-order valence-electron chi connectivity index (χ4n) is 5.72. The van der Waals surface area contributed by atoms with E-state index in [1.807, 2.05) is 0 Å². The van der Waals surface area contributed by atoms with E-state index < -0.39 is 8.80 Å². The van der Waals surface area contributed by atoms with Crippen molar-refractivity contribution in [3.63, 3.8) is 0 Å². The van der Waals surface area contributed by atoms with Gasteiger partial charge in [0.25, 0.3) is 0 Å². The smallest absolute Gasteiger partial charge is 0.377 e. The highest BCUT2D eigenvalue weighted by Crippen LogP contribution is 2.41. The monoisotopic (exact) mass is 530 g/mol. The van der Waals surface area contributed by atoms with Crippen LogP contribution in [-0.4, -0.2) is 54.5 Å². The lowest BCUT2D eigenvalue weighted by atomic mass is 9.77. The van der Waals surface area contributed by atoms with E-state index in [1.165, 1.54) is 103 Å². The number of ether oxygens (including phenoxy) is 2. The van der Waals surface area contributed by atoms with Gasteiger partial charge in [-0.05, 0) is 33.1 Å². The van der Waals surface area contributed by atoms with Gasteiger partial charge in [-0.2, -0.15) is 0 Å². The molecule has 0 radical (unpaired) electrons. The molecule has 6 heteroatoms. The first-order valence-electron chi connectivity index (χ1n) is 15.3. The second-order valence-corrected chi connectivity index (χ2v) is 14.5. The Kier molecular flexibility index (Phi) is 18.9. The third-order valence-electron chi connectivity index (χ3n) is 8.62. The van der Waals surface area contributed by atoms with Crippen LogP contribution in [0.5, 0.6) is 0 Å². The van der Waals surface area contributed by atoms with Gasteiger partial charge >= 0.3 is 8.80 Å². The molecule has 2 unspecified atom stereocenters. The number of hydrogen-bond donors (Lipinski definition) is 0. The molecule has 0 N–H and O–H groups in total. The molecule has 0 amide bonds. The number of unbranched alkanes of at least 4 members (excludes halogenated alkanes) is 15. The highest BCUT2D eigenvalue weighted by atomic mass is 28.4. The Morgan fingerprint density at radius 2 is 0.861 bits per heavy atom. The molecule has 0 bridgehead atoms. The third-order valence-corrected chi connectivity index (χ3v) is 11.5. The summed E-state index contributed by atoms with van der Waals surface area (Å²) in [5.41, 5.74) is -0.519. The average Bonchev–Trinajstić information content (AvgIpc) is 2.89. The molecule has 0 aromatic heterocycles. The zero-order valence-corrected chi connectivity index (χ0v) is 26.1. The molecule has 216 valence electrons. The maximum atomic E-state index is 6.36. The van der Waals surface area contributed by atoms with Crippen molar-refractivity contribution >= 4 is 8.80 Å². The number of rotatable bonds is 24. The summed E-state index contributed by atoms with van der Waals surface area (Å²) in [7, 11) is 2.51. The van der Waals surface area contributed by atoms with Gasteiger partial charge in [-0.25, -0.2) is 0 Å². The minimum Gasteiger partial charge on any atom is -0.377 e. The van der Waals surface area contributed by atoms with Crippen molar-refractivity contribution in [2.75, 3.05) is 34.5 Å². The predicted molar refractivity (Wildman–Crippen MR) is 154 cm³/mol. The largest absolute Gasteiger partial charge is 0.500 e. The van der Waals surface area contributed by atoms with Crippen LogP contribution in [0.2, 0.25) is 6.04 Å². The van der Waals surface area contributed by atoms with Crippen LogP contribution in [0.3, 0.4) is 0 Å². The second kappa shape index (κ2) is 20.0.